The van der Waals surface area contributed by atoms with Crippen molar-refractivity contribution in [3.63, 3.8) is 0 Å². The highest BCUT2D eigenvalue weighted by molar-refractivity contribution is 4.93. The lowest BCUT2D eigenvalue weighted by atomic mass is 10.6. The highest BCUT2D eigenvalue weighted by Crippen LogP contribution is 2.25. The van der Waals surface area contributed by atoms with Crippen LogP contribution >= 0.6 is 0 Å². The van der Waals surface area contributed by atoms with E-state index in [2.05, 4.69) is 0 Å². The molecule has 0 saturated heterocycles. The van der Waals surface area contributed by atoms with E-state index in [0.717, 1.165) is 0 Å². The smallest absolute Gasteiger partial charge is 0.212 e. The number of halogens is 10. The lowest BCUT2D eigenvalue weighted by molar-refractivity contribution is -0.109. The zero-order valence-corrected chi connectivity index (χ0v) is 6.93. The lowest BCUT2D eigenvalue weighted by Gasteiger charge is -1.97. The first-order valence-electron chi connectivity index (χ1n) is 3.04. The van der Waals surface area contributed by atoms with E-state index in [1.165, 1.54) is 0 Å². The fourth-order valence-corrected chi connectivity index (χ4v) is 0.186. The van der Waals surface area contributed by atoms with Crippen molar-refractivity contribution in [3.8, 4) is 0 Å². The van der Waals surface area contributed by atoms with Gasteiger partial charge in [0.05, 0.1) is 6.08 Å². The molecular weight excluding hydrogens is 262 g/mol. The molecule has 0 rings (SSSR count). The minimum absolute atomic E-state index is 1.06. The molecule has 0 aliphatic heterocycles. The second kappa shape index (κ2) is 6.38. The van der Waals surface area contributed by atoms with Gasteiger partial charge in [-0.3, -0.25) is 0 Å². The Bertz CT molecular complexity index is 249. The highest BCUT2D eigenvalue weighted by atomic mass is 19.4. The van der Waals surface area contributed by atoms with Gasteiger partial charge >= 0.3 is 12.4 Å². The van der Waals surface area contributed by atoms with Crippen molar-refractivity contribution in [1.82, 2.24) is 0 Å². The van der Waals surface area contributed by atoms with Gasteiger partial charge in [-0.25, -0.2) is 4.39 Å². The Morgan fingerprint density at radius 3 is 1.19 bits per heavy atom. The fourth-order valence-electron chi connectivity index (χ4n) is 0.186. The van der Waals surface area contributed by atoms with Crippen LogP contribution in [0.4, 0.5) is 43.9 Å². The topological polar surface area (TPSA) is 0 Å². The van der Waals surface area contributed by atoms with Crippen LogP contribution in [0.15, 0.2) is 24.3 Å². The molecule has 0 amide bonds. The molecule has 0 nitrogen and oxygen atoms in total. The monoisotopic (exact) mass is 264 g/mol. The van der Waals surface area contributed by atoms with Crippen LogP contribution in [0, 0.1) is 0 Å². The third kappa shape index (κ3) is 12.8. The maximum absolute atomic E-state index is 11.0. The normalized spacial score (nSPS) is 12.8. The Kier molecular flexibility index (Phi) is 6.85. The van der Waals surface area contributed by atoms with Crippen molar-refractivity contribution in [2.75, 3.05) is 0 Å². The van der Waals surface area contributed by atoms with Crippen LogP contribution in [0.2, 0.25) is 0 Å². The van der Waals surface area contributed by atoms with Gasteiger partial charge < -0.3 is 0 Å². The Hall–Kier alpha value is -1.22. The SMILES string of the molecule is F/C=C(/F)C(F)(F)F.FC(F)=CC(F)(F)F. The summed E-state index contributed by atoms with van der Waals surface area (Å²) in [5.74, 6) is -2.71. The molecule has 0 aromatic carbocycles. The summed E-state index contributed by atoms with van der Waals surface area (Å²) in [4.78, 5) is 0. The molecule has 0 bridgehead atoms. The first-order valence-corrected chi connectivity index (χ1v) is 3.04. The Morgan fingerprint density at radius 2 is 1.19 bits per heavy atom. The van der Waals surface area contributed by atoms with Crippen LogP contribution in [0.25, 0.3) is 0 Å². The first kappa shape index (κ1) is 17.2. The van der Waals surface area contributed by atoms with Gasteiger partial charge in [0.25, 0.3) is 6.08 Å². The third-order valence-corrected chi connectivity index (χ3v) is 0.639. The minimum atomic E-state index is -5.17. The average Bonchev–Trinajstić information content (AvgIpc) is 1.97. The van der Waals surface area contributed by atoms with Crippen molar-refractivity contribution >= 4 is 0 Å². The number of rotatable bonds is 0. The van der Waals surface area contributed by atoms with Gasteiger partial charge in [0, 0.05) is 0 Å². The summed E-state index contributed by atoms with van der Waals surface area (Å²) in [6, 6.07) is 0. The van der Waals surface area contributed by atoms with Gasteiger partial charge in [0.1, 0.15) is 6.33 Å². The molecule has 0 aromatic rings. The van der Waals surface area contributed by atoms with E-state index < -0.39 is 36.7 Å². The molecule has 96 valence electrons. The maximum atomic E-state index is 11.0. The third-order valence-electron chi connectivity index (χ3n) is 0.639. The molecule has 10 heteroatoms. The van der Waals surface area contributed by atoms with Crippen LogP contribution < -0.4 is 0 Å². The standard InChI is InChI=1S/2C3HF5/c4-1-2(5)3(6,7)8;4-2(5)1-3(6,7)8/h2*1H/b2-1+;. The molecule has 0 aliphatic carbocycles. The van der Waals surface area contributed by atoms with E-state index in [4.69, 9.17) is 0 Å². The molecule has 0 fully saturated rings. The van der Waals surface area contributed by atoms with Gasteiger partial charge in [-0.15, -0.1) is 0 Å². The predicted octanol–water partition coefficient (Wildman–Crippen LogP) is 4.66. The summed E-state index contributed by atoms with van der Waals surface area (Å²) >= 11 is 0. The minimum Gasteiger partial charge on any atom is -0.212 e. The summed E-state index contributed by atoms with van der Waals surface area (Å²) in [7, 11) is 0. The number of hydrogen-bond donors (Lipinski definition) is 0. The molecular formula is C6H2F10. The first-order chi connectivity index (χ1) is 6.90. The van der Waals surface area contributed by atoms with E-state index in [1.54, 1.807) is 0 Å². The van der Waals surface area contributed by atoms with E-state index in [1.807, 2.05) is 0 Å². The molecule has 0 N–H and O–H groups in total. The second-order valence-electron chi connectivity index (χ2n) is 1.93. The zero-order valence-electron chi connectivity index (χ0n) is 6.93. The van der Waals surface area contributed by atoms with Crippen molar-refractivity contribution in [1.29, 1.82) is 0 Å². The van der Waals surface area contributed by atoms with E-state index in [-0.39, 0.29) is 0 Å². The molecule has 16 heavy (non-hydrogen) atoms. The van der Waals surface area contributed by atoms with Crippen LogP contribution in [-0.2, 0) is 0 Å². The average molecular weight is 264 g/mol. The maximum Gasteiger partial charge on any atom is 0.445 e. The molecule has 0 heterocycles. The molecule has 0 saturated carbocycles. The van der Waals surface area contributed by atoms with Crippen LogP contribution in [-0.4, -0.2) is 12.4 Å². The van der Waals surface area contributed by atoms with E-state index in [0.29, 0.717) is 0 Å². The lowest BCUT2D eigenvalue weighted by Crippen LogP contribution is -2.06. The largest absolute Gasteiger partial charge is 0.445 e. The number of allylic oxidation sites excluding steroid dienone is 2. The number of hydrogen-bond acceptors (Lipinski definition) is 0. The van der Waals surface area contributed by atoms with Crippen LogP contribution in [0.3, 0.4) is 0 Å². The summed E-state index contributed by atoms with van der Waals surface area (Å²) in [6.45, 7) is 0. The van der Waals surface area contributed by atoms with E-state index >= 15 is 0 Å². The zero-order chi connectivity index (χ0) is 13.6. The molecule has 0 spiro atoms. The van der Waals surface area contributed by atoms with E-state index in [9.17, 15) is 43.9 Å². The summed E-state index contributed by atoms with van der Waals surface area (Å²) in [5.41, 5.74) is 0. The molecule has 0 aliphatic rings. The molecule has 0 radical (unpaired) electrons. The van der Waals surface area contributed by atoms with Crippen LogP contribution in [0.1, 0.15) is 0 Å². The summed E-state index contributed by atoms with van der Waals surface area (Å²) in [6.07, 6.45) is -15.0. The second-order valence-corrected chi connectivity index (χ2v) is 1.93. The van der Waals surface area contributed by atoms with Gasteiger partial charge in [0.2, 0.25) is 5.83 Å². The molecule has 0 unspecified atom stereocenters. The van der Waals surface area contributed by atoms with Crippen LogP contribution in [0.5, 0.6) is 0 Å². The predicted molar refractivity (Wildman–Crippen MR) is 32.7 cm³/mol. The Morgan fingerprint density at radius 1 is 0.812 bits per heavy atom. The van der Waals surface area contributed by atoms with Gasteiger partial charge in [0.15, 0.2) is 0 Å². The quantitative estimate of drug-likeness (QED) is 0.558. The van der Waals surface area contributed by atoms with Crippen molar-refractivity contribution in [2.24, 2.45) is 0 Å². The Balaban J connectivity index is 0. The fraction of sp³-hybridized carbons (Fsp3) is 0.333. The highest BCUT2D eigenvalue weighted by Gasteiger charge is 2.34. The summed E-state index contributed by atoms with van der Waals surface area (Å²) in [5, 5.41) is 0. The number of alkyl halides is 6. The van der Waals surface area contributed by atoms with Crippen molar-refractivity contribution < 1.29 is 43.9 Å². The van der Waals surface area contributed by atoms with Gasteiger partial charge in [-0.2, -0.15) is 39.5 Å². The molecule has 0 atom stereocenters. The van der Waals surface area contributed by atoms with Gasteiger partial charge in [-0.1, -0.05) is 0 Å². The summed E-state index contributed by atoms with van der Waals surface area (Å²) < 4.78 is 108. The van der Waals surface area contributed by atoms with Crippen molar-refractivity contribution in [3.05, 3.63) is 24.3 Å². The molecule has 0 aromatic heterocycles. The van der Waals surface area contributed by atoms with Crippen molar-refractivity contribution in [2.45, 2.75) is 12.4 Å². The van der Waals surface area contributed by atoms with Gasteiger partial charge in [-0.05, 0) is 0 Å². The Labute approximate surface area is 81.8 Å².